The van der Waals surface area contributed by atoms with E-state index in [1.165, 1.54) is 38.0 Å². The number of phenolic OH excluding ortho intramolecular Hbond substituents is 1. The van der Waals surface area contributed by atoms with Gasteiger partial charge in [-0.05, 0) is 80.1 Å². The number of piperidine rings is 1. The Kier molecular flexibility index (Phi) is 18.8. The molecule has 6 aliphatic rings. The third-order valence-electron chi connectivity index (χ3n) is 16.9. The number of aliphatic imine (C=N–C) groups is 1. The first-order valence-corrected chi connectivity index (χ1v) is 29.3. The van der Waals surface area contributed by atoms with Gasteiger partial charge in [0.05, 0.1) is 41.1 Å². The highest BCUT2D eigenvalue weighted by Crippen LogP contribution is 2.53. The lowest BCUT2D eigenvalue weighted by molar-refractivity contribution is -0.116. The van der Waals surface area contributed by atoms with Crippen molar-refractivity contribution in [2.75, 3.05) is 19.6 Å². The van der Waals surface area contributed by atoms with Gasteiger partial charge in [-0.25, -0.2) is 9.69 Å². The number of rotatable bonds is 12. The number of carbonyl (C=O) groups excluding carboxylic acids is 5. The molecule has 5 heterocycles. The summed E-state index contributed by atoms with van der Waals surface area (Å²) in [4.78, 5) is 99.2. The Balaban J connectivity index is 1.31. The summed E-state index contributed by atoms with van der Waals surface area (Å²) in [6.07, 6.45) is 6.46. The van der Waals surface area contributed by atoms with Crippen LogP contribution in [0.25, 0.3) is 0 Å². The van der Waals surface area contributed by atoms with Crippen LogP contribution in [-0.2, 0) is 30.2 Å². The summed E-state index contributed by atoms with van der Waals surface area (Å²) in [6, 6.07) is 6.55. The molecule has 0 radical (unpaired) electrons. The van der Waals surface area contributed by atoms with Crippen LogP contribution in [0.15, 0.2) is 89.1 Å². The number of ether oxygens (including phenoxy) is 4. The summed E-state index contributed by atoms with van der Waals surface area (Å²) in [7, 11) is -4.58. The van der Waals surface area contributed by atoms with E-state index in [0.717, 1.165) is 6.54 Å². The predicted molar refractivity (Wildman–Crippen MR) is 300 cm³/mol. The number of phenols is 1. The highest BCUT2D eigenvalue weighted by molar-refractivity contribution is 7.53. The van der Waals surface area contributed by atoms with Crippen LogP contribution in [0.1, 0.15) is 139 Å². The van der Waals surface area contributed by atoms with Gasteiger partial charge in [0.1, 0.15) is 52.9 Å². The minimum Gasteiger partial charge on any atom is -0.507 e. The molecule has 10 atom stereocenters. The number of aliphatic hydroxyl groups excluding tert-OH is 2. The zero-order chi connectivity index (χ0) is 58.9. The maximum Gasteiger partial charge on any atom is 0.416 e. The summed E-state index contributed by atoms with van der Waals surface area (Å²) >= 11 is 0. The quantitative estimate of drug-likeness (QED) is 0.0658. The molecule has 5 bridgehead atoms. The van der Waals surface area contributed by atoms with Crippen molar-refractivity contribution in [3.8, 4) is 17.2 Å². The highest BCUT2D eigenvalue weighted by Gasteiger charge is 2.58. The standard InChI is InChI=1S/C60H79N4O15P/c1-32(2)29-63-26-24-60(25-27-63)62-48-45-46-53(68)41(11)55-47(45)56(70)59(12,79-55)77-28-23-33(3)37(7)38(8)39(9)52(67)40(10)51(66)34(4)15-13-16-35(5)57(71)61-49(54(46)69)50(48)64(60)58(72)76-31-42-19-21-43(22-20-42)78-36(6)17-14-18-44(30-65)80(73,74)75/h13,15-16,19-23,28,30,32-34,37-40,44,51-52,66-68H,6,14,17-18,24-27,29,31H2,1-5,7-12H3,(H,61,71)(H2,73,74,75)/b15-13+,28-23+,35-16-/t33-,34-,37+,38+,39-,40+,44?,51-,52-,59-/m0/s1. The van der Waals surface area contributed by atoms with Crippen LogP contribution in [0.3, 0.4) is 0 Å². The maximum absolute atomic E-state index is 15.4. The number of hydrogen-bond donors (Lipinski definition) is 6. The van der Waals surface area contributed by atoms with Crippen LogP contribution in [0.4, 0.5) is 4.79 Å². The second-order valence-corrected chi connectivity index (χ2v) is 25.0. The van der Waals surface area contributed by atoms with E-state index < -0.39 is 83.8 Å². The molecule has 2 aromatic rings. The number of allylic oxidation sites excluding steroid dienone is 6. The summed E-state index contributed by atoms with van der Waals surface area (Å²) in [5.74, 6) is -5.30. The van der Waals surface area contributed by atoms with Crippen molar-refractivity contribution < 1.29 is 72.6 Å². The van der Waals surface area contributed by atoms with Gasteiger partial charge in [-0.15, -0.1) is 0 Å². The summed E-state index contributed by atoms with van der Waals surface area (Å²) in [5, 5.41) is 38.0. The first-order valence-electron chi connectivity index (χ1n) is 27.6. The van der Waals surface area contributed by atoms with E-state index in [4.69, 9.17) is 23.9 Å². The minimum absolute atomic E-state index is 0.00573. The number of Topliss-reactive ketones (excluding diaryl/α,β-unsaturated/α-hetero) is 2. The SMILES string of the molecule is C=C(CCCC(C=O)P(=O)(O)O)Oc1ccc(COC(=O)N2C3=C4NC(=O)/C(C)=C\C=C\[C@H](C)[C@H](O)[C@@H](C)[C@@H](O)[C@@H](C)[C@H](C)[C@H](C)[C@@H](C)/C=C/O[C@@]5(C)Oc6c(C)c(O)c(c(c6C5=O)C3=NC23CCN(CC(C)C)CC3)C4=O)cc1. The Morgan fingerprint density at radius 1 is 0.938 bits per heavy atom. The van der Waals surface area contributed by atoms with Crippen LogP contribution < -0.4 is 14.8 Å². The number of fused-ring (bicyclic) bond motifs is 13. The van der Waals surface area contributed by atoms with E-state index in [1.54, 1.807) is 49.4 Å². The third-order valence-corrected chi connectivity index (χ3v) is 18.2. The maximum atomic E-state index is 15.4. The Hall–Kier alpha value is -6.21. The molecule has 0 saturated carbocycles. The molecule has 1 fully saturated rings. The van der Waals surface area contributed by atoms with E-state index in [1.807, 2.05) is 27.7 Å². The molecule has 1 spiro atoms. The number of amides is 2. The summed E-state index contributed by atoms with van der Waals surface area (Å²) in [5.41, 5.74) is -3.18. The molecule has 6 N–H and O–H groups in total. The largest absolute Gasteiger partial charge is 0.507 e. The van der Waals surface area contributed by atoms with Gasteiger partial charge in [0.25, 0.3) is 11.7 Å². The predicted octanol–water partition coefficient (Wildman–Crippen LogP) is 8.80. The number of nitrogens with zero attached hydrogens (tertiary/aromatic N) is 3. The van der Waals surface area contributed by atoms with Crippen LogP contribution in [0, 0.1) is 48.3 Å². The zero-order valence-electron chi connectivity index (χ0n) is 47.7. The molecule has 2 amide bonds. The molecule has 2 aromatic carbocycles. The minimum atomic E-state index is -4.58. The van der Waals surface area contributed by atoms with Crippen molar-refractivity contribution in [1.82, 2.24) is 15.1 Å². The molecule has 5 aliphatic heterocycles. The van der Waals surface area contributed by atoms with Crippen molar-refractivity contribution in [2.24, 2.45) is 46.4 Å². The van der Waals surface area contributed by atoms with E-state index >= 15 is 14.4 Å². The van der Waals surface area contributed by atoms with Crippen molar-refractivity contribution in [2.45, 2.75) is 144 Å². The van der Waals surface area contributed by atoms with Gasteiger partial charge in [0.2, 0.25) is 5.78 Å². The van der Waals surface area contributed by atoms with Gasteiger partial charge in [-0.1, -0.05) is 92.3 Å². The van der Waals surface area contributed by atoms with E-state index in [0.29, 0.717) is 36.1 Å². The fourth-order valence-electron chi connectivity index (χ4n) is 11.4. The topological polar surface area (TPSA) is 271 Å². The van der Waals surface area contributed by atoms with Gasteiger partial charge in [0, 0.05) is 74.4 Å². The molecule has 1 saturated heterocycles. The second kappa shape index (κ2) is 24.5. The number of aromatic hydroxyl groups is 1. The van der Waals surface area contributed by atoms with Gasteiger partial charge in [-0.3, -0.25) is 23.9 Å². The molecule has 19 nitrogen and oxygen atoms in total. The smallest absolute Gasteiger partial charge is 0.416 e. The number of aldehydes is 1. The van der Waals surface area contributed by atoms with Crippen molar-refractivity contribution >= 4 is 43.2 Å². The first kappa shape index (κ1) is 61.4. The third kappa shape index (κ3) is 12.5. The Labute approximate surface area is 468 Å². The molecule has 1 unspecified atom stereocenters. The lowest BCUT2D eigenvalue weighted by Gasteiger charge is -2.43. The number of nitrogens with one attached hydrogen (secondary N) is 1. The van der Waals surface area contributed by atoms with Crippen molar-refractivity contribution in [3.63, 3.8) is 0 Å². The normalized spacial score (nSPS) is 29.2. The van der Waals surface area contributed by atoms with E-state index in [9.17, 15) is 39.3 Å². The lowest BCUT2D eigenvalue weighted by atomic mass is 9.72. The number of benzene rings is 2. The Morgan fingerprint density at radius 2 is 1.60 bits per heavy atom. The lowest BCUT2D eigenvalue weighted by Crippen LogP contribution is -2.55. The summed E-state index contributed by atoms with van der Waals surface area (Å²) < 4.78 is 36.2. The fraction of sp³-hybridized carbons (Fsp3) is 0.533. The van der Waals surface area contributed by atoms with Crippen LogP contribution >= 0.6 is 7.60 Å². The molecular weight excluding hydrogens is 1050 g/mol. The number of hydrogen-bond acceptors (Lipinski definition) is 15. The second-order valence-electron chi connectivity index (χ2n) is 23.1. The van der Waals surface area contributed by atoms with Crippen LogP contribution in [-0.4, -0.2) is 119 Å². The zero-order valence-corrected chi connectivity index (χ0v) is 48.6. The Morgan fingerprint density at radius 3 is 2.23 bits per heavy atom. The molecular formula is C60H79N4O15P. The number of likely N-dealkylation sites (tertiary alicyclic amines) is 1. The average Bonchev–Trinajstić information content (AvgIpc) is 4.06. The monoisotopic (exact) mass is 1130 g/mol. The average molecular weight is 1130 g/mol. The number of ketones is 2. The fourth-order valence-corrected chi connectivity index (χ4v) is 12.0. The first-order chi connectivity index (χ1) is 37.5. The van der Waals surface area contributed by atoms with Gasteiger partial charge >= 0.3 is 19.5 Å². The van der Waals surface area contributed by atoms with Crippen molar-refractivity contribution in [3.05, 3.63) is 112 Å². The van der Waals surface area contributed by atoms with E-state index in [-0.39, 0.29) is 114 Å². The molecule has 0 aromatic heterocycles. The highest BCUT2D eigenvalue weighted by atomic mass is 31.2. The molecule has 434 valence electrons. The van der Waals surface area contributed by atoms with Crippen molar-refractivity contribution in [1.29, 1.82) is 0 Å². The van der Waals surface area contributed by atoms with Crippen LogP contribution in [0.2, 0.25) is 0 Å². The Bertz CT molecular complexity index is 2970. The number of carbonyl (C=O) groups is 5. The van der Waals surface area contributed by atoms with Gasteiger partial charge < -0.3 is 59.1 Å². The number of aliphatic hydroxyl groups is 2. The summed E-state index contributed by atoms with van der Waals surface area (Å²) in [6.45, 7) is 25.7. The molecule has 20 heteroatoms. The molecule has 1 aliphatic carbocycles. The van der Waals surface area contributed by atoms with E-state index in [2.05, 4.69) is 37.6 Å². The van der Waals surface area contributed by atoms with Gasteiger partial charge in [0.15, 0.2) is 0 Å². The molecule has 8 rings (SSSR count). The van der Waals surface area contributed by atoms with Gasteiger partial charge in [-0.2, -0.15) is 0 Å². The molecule has 80 heavy (non-hydrogen) atoms. The van der Waals surface area contributed by atoms with Crippen LogP contribution in [0.5, 0.6) is 17.2 Å².